The summed E-state index contributed by atoms with van der Waals surface area (Å²) in [5, 5.41) is 2.16. The molecule has 0 N–H and O–H groups in total. The molecule has 0 fully saturated rings. The summed E-state index contributed by atoms with van der Waals surface area (Å²) in [4.78, 5) is 17.7. The molecule has 8 rings (SSSR count). The van der Waals surface area contributed by atoms with Crippen molar-refractivity contribution in [1.82, 2.24) is 19.5 Å². The summed E-state index contributed by atoms with van der Waals surface area (Å²) in [6.45, 7) is 8.68. The maximum Gasteiger partial charge on any atom is 0.135 e. The number of anilines is 3. The molecule has 0 aliphatic carbocycles. The van der Waals surface area contributed by atoms with Crippen molar-refractivity contribution < 1.29 is 25.8 Å². The smallest absolute Gasteiger partial charge is 0.135 e. The van der Waals surface area contributed by atoms with Crippen molar-refractivity contribution in [3.8, 4) is 28.6 Å². The molecule has 7 nitrogen and oxygen atoms in total. The third-order valence-electron chi connectivity index (χ3n) is 8.44. The monoisotopic (exact) mass is 794 g/mol. The minimum atomic E-state index is -0.0302. The standard InChI is InChI=1S/C39H31N6O.Pt/c1-39(2,3)28-15-19-41-37(22-28)45-33-12-9-27(26-13-17-40-18-14-26)21-32(33)31-11-10-30(24-36(31)45)46-38-23-29(16-20-42-38)44-25-43(4)34-7-5-6-8-35(34)44;/h5-22,25H,1-4H3;/q-3;. The third kappa shape index (κ3) is 5.55. The number of fused-ring (bicyclic) bond motifs is 4. The summed E-state index contributed by atoms with van der Waals surface area (Å²) in [5.41, 5.74) is 8.35. The molecule has 3 aromatic carbocycles. The average molecular weight is 795 g/mol. The first-order chi connectivity index (χ1) is 22.3. The van der Waals surface area contributed by atoms with E-state index in [0.29, 0.717) is 11.6 Å². The van der Waals surface area contributed by atoms with Gasteiger partial charge in [-0.15, -0.1) is 17.5 Å². The molecule has 4 aromatic heterocycles. The molecule has 47 heavy (non-hydrogen) atoms. The molecule has 0 saturated carbocycles. The van der Waals surface area contributed by atoms with Crippen LogP contribution in [0.3, 0.4) is 0 Å². The summed E-state index contributed by atoms with van der Waals surface area (Å²) < 4.78 is 8.51. The first kappa shape index (κ1) is 30.6. The number of nitrogens with zero attached hydrogens (tertiary/aromatic N) is 6. The quantitative estimate of drug-likeness (QED) is 0.162. The Balaban J connectivity index is 0.00000351. The van der Waals surface area contributed by atoms with Crippen LogP contribution >= 0.6 is 0 Å². The van der Waals surface area contributed by atoms with Crippen LogP contribution in [0.5, 0.6) is 11.6 Å². The molecule has 236 valence electrons. The van der Waals surface area contributed by atoms with Crippen molar-refractivity contribution >= 4 is 38.9 Å². The van der Waals surface area contributed by atoms with Gasteiger partial charge in [-0.25, -0.2) is 4.98 Å². The van der Waals surface area contributed by atoms with E-state index in [1.54, 1.807) is 6.20 Å². The molecule has 8 heteroatoms. The minimum Gasteiger partial charge on any atom is -0.504 e. The number of rotatable bonds is 5. The van der Waals surface area contributed by atoms with Crippen LogP contribution < -0.4 is 14.5 Å². The van der Waals surface area contributed by atoms with Crippen molar-refractivity contribution in [3.63, 3.8) is 0 Å². The van der Waals surface area contributed by atoms with E-state index in [9.17, 15) is 0 Å². The van der Waals surface area contributed by atoms with Gasteiger partial charge in [-0.3, -0.25) is 9.97 Å². The number of pyridine rings is 3. The number of hydrogen-bond donors (Lipinski definition) is 0. The summed E-state index contributed by atoms with van der Waals surface area (Å²) >= 11 is 0. The van der Waals surface area contributed by atoms with E-state index in [1.807, 2.05) is 68.7 Å². The zero-order chi connectivity index (χ0) is 31.4. The second-order valence-corrected chi connectivity index (χ2v) is 12.5. The van der Waals surface area contributed by atoms with E-state index >= 15 is 0 Å². The third-order valence-corrected chi connectivity index (χ3v) is 8.44. The minimum absolute atomic E-state index is 0. The molecular weight excluding hydrogens is 764 g/mol. The molecule has 0 spiro atoms. The van der Waals surface area contributed by atoms with Gasteiger partial charge in [0.25, 0.3) is 0 Å². The molecular formula is C39H31N6OPt-3. The van der Waals surface area contributed by atoms with Gasteiger partial charge in [0.1, 0.15) is 11.7 Å². The first-order valence-corrected chi connectivity index (χ1v) is 15.2. The van der Waals surface area contributed by atoms with Gasteiger partial charge in [0.15, 0.2) is 0 Å². The zero-order valence-corrected chi connectivity index (χ0v) is 28.6. The van der Waals surface area contributed by atoms with Crippen molar-refractivity contribution in [3.05, 3.63) is 134 Å². The average Bonchev–Trinajstić information content (AvgIpc) is 3.59. The van der Waals surface area contributed by atoms with Crippen LogP contribution in [-0.2, 0) is 26.5 Å². The topological polar surface area (TPSA) is 59.3 Å². The SMILES string of the molecule is CN1[CH-]N(c2[c-]c(Oc3[c-]c4c(cc3)c3cc(-c5ccncc5)ccc3n4-c3cc(C(C)(C)C)ccn3)ncc2)c2ccccc21.[Pt]. The molecule has 1 aliphatic heterocycles. The summed E-state index contributed by atoms with van der Waals surface area (Å²) in [6, 6.07) is 36.0. The number of para-hydroxylation sites is 2. The molecule has 0 saturated heterocycles. The Morgan fingerprint density at radius 2 is 1.53 bits per heavy atom. The number of benzene rings is 3. The molecule has 0 bridgehead atoms. The molecule has 1 aliphatic rings. The van der Waals surface area contributed by atoms with Crippen molar-refractivity contribution in [2.24, 2.45) is 0 Å². The number of ether oxygens (including phenoxy) is 1. The van der Waals surface area contributed by atoms with Gasteiger partial charge in [-0.2, -0.15) is 30.6 Å². The van der Waals surface area contributed by atoms with E-state index < -0.39 is 0 Å². The van der Waals surface area contributed by atoms with Crippen LogP contribution in [0.1, 0.15) is 26.3 Å². The fourth-order valence-electron chi connectivity index (χ4n) is 6.06. The van der Waals surface area contributed by atoms with Crippen LogP contribution in [-0.4, -0.2) is 26.6 Å². The molecule has 7 aromatic rings. The van der Waals surface area contributed by atoms with E-state index in [1.165, 1.54) is 5.56 Å². The van der Waals surface area contributed by atoms with Crippen LogP contribution in [0.15, 0.2) is 110 Å². The van der Waals surface area contributed by atoms with E-state index in [2.05, 4.69) is 106 Å². The zero-order valence-electron chi connectivity index (χ0n) is 26.4. The van der Waals surface area contributed by atoms with Crippen molar-refractivity contribution in [1.29, 1.82) is 0 Å². The Bertz CT molecular complexity index is 2240. The van der Waals surface area contributed by atoms with Gasteiger partial charge in [0.05, 0.1) is 0 Å². The summed E-state index contributed by atoms with van der Waals surface area (Å²) in [7, 11) is 2.03. The normalized spacial score (nSPS) is 12.8. The number of aromatic nitrogens is 4. The fraction of sp³-hybridized carbons (Fsp3) is 0.128. The van der Waals surface area contributed by atoms with Crippen molar-refractivity contribution in [2.75, 3.05) is 16.8 Å². The molecule has 0 radical (unpaired) electrons. The first-order valence-electron chi connectivity index (χ1n) is 15.2. The van der Waals surface area contributed by atoms with E-state index in [0.717, 1.165) is 55.8 Å². The largest absolute Gasteiger partial charge is 0.504 e. The van der Waals surface area contributed by atoms with Gasteiger partial charge in [-0.1, -0.05) is 50.6 Å². The molecule has 5 heterocycles. The van der Waals surface area contributed by atoms with Gasteiger partial charge in [-0.05, 0) is 83.2 Å². The summed E-state index contributed by atoms with van der Waals surface area (Å²) in [6.07, 6.45) is 7.27. The van der Waals surface area contributed by atoms with Crippen LogP contribution in [0, 0.1) is 18.8 Å². The Morgan fingerprint density at radius 1 is 0.745 bits per heavy atom. The van der Waals surface area contributed by atoms with Crippen LogP contribution in [0.2, 0.25) is 0 Å². The second kappa shape index (κ2) is 12.0. The maximum atomic E-state index is 6.34. The Kier molecular flexibility index (Phi) is 7.81. The predicted molar refractivity (Wildman–Crippen MR) is 184 cm³/mol. The van der Waals surface area contributed by atoms with Gasteiger partial charge in [0, 0.05) is 62.3 Å². The molecule has 0 unspecified atom stereocenters. The molecule has 0 amide bonds. The predicted octanol–water partition coefficient (Wildman–Crippen LogP) is 9.03. The maximum absolute atomic E-state index is 6.34. The second-order valence-electron chi connectivity index (χ2n) is 12.5. The van der Waals surface area contributed by atoms with Gasteiger partial charge < -0.3 is 19.1 Å². The van der Waals surface area contributed by atoms with E-state index in [-0.39, 0.29) is 26.5 Å². The van der Waals surface area contributed by atoms with Gasteiger partial charge >= 0.3 is 0 Å². The molecule has 0 atom stereocenters. The Labute approximate surface area is 288 Å². The Morgan fingerprint density at radius 3 is 2.34 bits per heavy atom. The van der Waals surface area contributed by atoms with E-state index in [4.69, 9.17) is 9.72 Å². The fourth-order valence-corrected chi connectivity index (χ4v) is 6.06. The van der Waals surface area contributed by atoms with Crippen molar-refractivity contribution in [2.45, 2.75) is 26.2 Å². The Hall–Kier alpha value is -5.00. The van der Waals surface area contributed by atoms with Gasteiger partial charge in [0.2, 0.25) is 0 Å². The number of hydrogen-bond acceptors (Lipinski definition) is 6. The summed E-state index contributed by atoms with van der Waals surface area (Å²) in [5.74, 6) is 1.74. The van der Waals surface area contributed by atoms with Crippen LogP contribution in [0.25, 0.3) is 38.8 Å². The van der Waals surface area contributed by atoms with Crippen LogP contribution in [0.4, 0.5) is 17.1 Å².